The fourth-order valence-corrected chi connectivity index (χ4v) is 1.95. The van der Waals surface area contributed by atoms with Crippen LogP contribution in [0.5, 0.6) is 0 Å². The van der Waals surface area contributed by atoms with Gasteiger partial charge in [0.2, 0.25) is 0 Å². The number of hydrogen-bond acceptors (Lipinski definition) is 2. The van der Waals surface area contributed by atoms with Gasteiger partial charge in [-0.25, -0.2) is 0 Å². The maximum atomic E-state index is 11.2. The van der Waals surface area contributed by atoms with Crippen LogP contribution in [-0.2, 0) is 9.53 Å². The van der Waals surface area contributed by atoms with Gasteiger partial charge in [0.15, 0.2) is 0 Å². The lowest BCUT2D eigenvalue weighted by Gasteiger charge is -2.18. The van der Waals surface area contributed by atoms with Crippen molar-refractivity contribution in [2.75, 3.05) is 13.7 Å². The predicted octanol–water partition coefficient (Wildman–Crippen LogP) is 1.25. The van der Waals surface area contributed by atoms with E-state index in [-0.39, 0.29) is 18.4 Å². The smallest absolute Gasteiger partial charge is 0.310 e. The molecule has 0 amide bonds. The molecule has 0 spiro atoms. The molecule has 0 aromatic carbocycles. The third kappa shape index (κ3) is 1.97. The van der Waals surface area contributed by atoms with Crippen LogP contribution in [0.4, 0.5) is 0 Å². The van der Waals surface area contributed by atoms with Crippen molar-refractivity contribution in [3.8, 4) is 0 Å². The minimum absolute atomic E-state index is 0.169. The second-order valence-corrected chi connectivity index (χ2v) is 3.38. The summed E-state index contributed by atoms with van der Waals surface area (Å²) in [6.45, 7) is 0.178. The van der Waals surface area contributed by atoms with Crippen molar-refractivity contribution in [2.45, 2.75) is 25.7 Å². The molecule has 0 aromatic heterocycles. The van der Waals surface area contributed by atoms with E-state index in [4.69, 9.17) is 5.73 Å². The molecule has 1 radical (unpaired) electrons. The van der Waals surface area contributed by atoms with Crippen molar-refractivity contribution in [1.29, 1.82) is 0 Å². The summed E-state index contributed by atoms with van der Waals surface area (Å²) in [5.74, 6) is 0.0457. The fraction of sp³-hybridized carbons (Fsp3) is 0.889. The summed E-state index contributed by atoms with van der Waals surface area (Å²) in [5.41, 5.74) is 7.26. The van der Waals surface area contributed by atoms with E-state index in [1.54, 1.807) is 0 Å². The molecule has 1 atom stereocenters. The van der Waals surface area contributed by atoms with Gasteiger partial charge in [0.05, 0.1) is 13.0 Å². The van der Waals surface area contributed by atoms with Gasteiger partial charge in [0, 0.05) is 6.54 Å². The van der Waals surface area contributed by atoms with Gasteiger partial charge < -0.3 is 4.74 Å². The highest BCUT2D eigenvalue weighted by atomic mass is 16.5. The van der Waals surface area contributed by atoms with Crippen molar-refractivity contribution < 1.29 is 9.53 Å². The maximum absolute atomic E-state index is 11.2. The van der Waals surface area contributed by atoms with Crippen molar-refractivity contribution in [3.63, 3.8) is 0 Å². The molecule has 1 rings (SSSR count). The Morgan fingerprint density at radius 2 is 2.17 bits per heavy atom. The van der Waals surface area contributed by atoms with Crippen molar-refractivity contribution in [3.05, 3.63) is 0 Å². The van der Waals surface area contributed by atoms with Crippen LogP contribution in [0.2, 0.25) is 0 Å². The Morgan fingerprint density at radius 1 is 1.58 bits per heavy atom. The summed E-state index contributed by atoms with van der Waals surface area (Å²) >= 11 is 0. The molecule has 1 fully saturated rings. The van der Waals surface area contributed by atoms with Crippen molar-refractivity contribution >= 4 is 5.97 Å². The molecule has 69 valence electrons. The molecule has 1 saturated carbocycles. The Balaban J connectivity index is 2.48. The zero-order chi connectivity index (χ0) is 8.97. The third-order valence-corrected chi connectivity index (χ3v) is 2.69. The van der Waals surface area contributed by atoms with E-state index in [9.17, 15) is 4.79 Å². The van der Waals surface area contributed by atoms with Crippen LogP contribution in [0, 0.1) is 11.8 Å². The van der Waals surface area contributed by atoms with Crippen molar-refractivity contribution in [1.82, 2.24) is 5.73 Å². The Kier molecular flexibility index (Phi) is 3.53. The molecule has 1 N–H and O–H groups in total. The van der Waals surface area contributed by atoms with Gasteiger partial charge in [-0.15, -0.1) is 0 Å². The number of carbonyl (C=O) groups is 1. The van der Waals surface area contributed by atoms with Gasteiger partial charge in [0.1, 0.15) is 0 Å². The molecule has 1 aliphatic carbocycles. The molecule has 1 aliphatic rings. The predicted molar refractivity (Wildman–Crippen MR) is 45.4 cm³/mol. The average molecular weight is 170 g/mol. The van der Waals surface area contributed by atoms with Gasteiger partial charge >= 0.3 is 5.97 Å². The zero-order valence-corrected chi connectivity index (χ0v) is 7.51. The molecule has 0 bridgehead atoms. The first-order chi connectivity index (χ1) is 5.79. The first-order valence-corrected chi connectivity index (χ1v) is 4.52. The minimum Gasteiger partial charge on any atom is -0.469 e. The largest absolute Gasteiger partial charge is 0.469 e. The van der Waals surface area contributed by atoms with E-state index < -0.39 is 0 Å². The Hall–Kier alpha value is -0.570. The maximum Gasteiger partial charge on any atom is 0.310 e. The number of nitrogens with one attached hydrogen (secondary N) is 1. The van der Waals surface area contributed by atoms with Crippen LogP contribution >= 0.6 is 0 Å². The van der Waals surface area contributed by atoms with Gasteiger partial charge in [-0.05, 0) is 18.8 Å². The van der Waals surface area contributed by atoms with Crippen LogP contribution in [-0.4, -0.2) is 19.6 Å². The van der Waals surface area contributed by atoms with Crippen LogP contribution < -0.4 is 5.73 Å². The quantitative estimate of drug-likeness (QED) is 0.598. The lowest BCUT2D eigenvalue weighted by Crippen LogP contribution is -2.27. The molecule has 0 saturated heterocycles. The highest BCUT2D eigenvalue weighted by Gasteiger charge is 2.30. The Bertz CT molecular complexity index is 153. The first-order valence-electron chi connectivity index (χ1n) is 4.52. The van der Waals surface area contributed by atoms with E-state index in [1.807, 2.05) is 0 Å². The van der Waals surface area contributed by atoms with Crippen LogP contribution in [0.3, 0.4) is 0 Å². The average Bonchev–Trinajstić information content (AvgIpc) is 2.58. The highest BCUT2D eigenvalue weighted by Crippen LogP contribution is 2.31. The Morgan fingerprint density at radius 3 is 2.58 bits per heavy atom. The fourth-order valence-electron chi connectivity index (χ4n) is 1.95. The molecule has 12 heavy (non-hydrogen) atoms. The summed E-state index contributed by atoms with van der Waals surface area (Å²) in [6, 6.07) is 0. The third-order valence-electron chi connectivity index (χ3n) is 2.69. The van der Waals surface area contributed by atoms with Crippen molar-refractivity contribution in [2.24, 2.45) is 11.8 Å². The summed E-state index contributed by atoms with van der Waals surface area (Å²) in [7, 11) is 1.40. The molecular weight excluding hydrogens is 154 g/mol. The summed E-state index contributed by atoms with van der Waals surface area (Å²) in [4.78, 5) is 11.2. The number of hydrogen-bond donors (Lipinski definition) is 0. The van der Waals surface area contributed by atoms with Crippen LogP contribution in [0.15, 0.2) is 0 Å². The summed E-state index contributed by atoms with van der Waals surface area (Å²) < 4.78 is 4.66. The van der Waals surface area contributed by atoms with Gasteiger partial charge in [-0.2, -0.15) is 0 Å². The second kappa shape index (κ2) is 4.45. The monoisotopic (exact) mass is 170 g/mol. The van der Waals surface area contributed by atoms with E-state index >= 15 is 0 Å². The van der Waals surface area contributed by atoms with E-state index in [0.717, 1.165) is 12.8 Å². The normalized spacial score (nSPS) is 20.8. The minimum atomic E-state index is -0.197. The number of carbonyl (C=O) groups excluding carboxylic acids is 1. The topological polar surface area (TPSA) is 50.1 Å². The molecule has 3 heteroatoms. The van der Waals surface area contributed by atoms with Crippen LogP contribution in [0.1, 0.15) is 25.7 Å². The lowest BCUT2D eigenvalue weighted by atomic mass is 9.91. The number of esters is 1. The first kappa shape index (κ1) is 9.52. The lowest BCUT2D eigenvalue weighted by molar-refractivity contribution is -0.147. The molecular formula is C9H16NO2. The summed E-state index contributed by atoms with van der Waals surface area (Å²) in [6.07, 6.45) is 4.60. The standard InChI is InChI=1S/C9H16NO2/c1-12-9(11)8(6-10)7-4-2-3-5-7/h7-8,10H,2-6H2,1H3. The zero-order valence-electron chi connectivity index (χ0n) is 7.51. The van der Waals surface area contributed by atoms with Crippen LogP contribution in [0.25, 0.3) is 0 Å². The number of methoxy groups -OCH3 is 1. The van der Waals surface area contributed by atoms with Gasteiger partial charge in [-0.3, -0.25) is 10.5 Å². The number of ether oxygens (including phenoxy) is 1. The molecule has 3 nitrogen and oxygen atoms in total. The van der Waals surface area contributed by atoms with Gasteiger partial charge in [0.25, 0.3) is 0 Å². The van der Waals surface area contributed by atoms with E-state index in [1.165, 1.54) is 20.0 Å². The number of rotatable bonds is 3. The highest BCUT2D eigenvalue weighted by molar-refractivity contribution is 5.72. The second-order valence-electron chi connectivity index (χ2n) is 3.38. The Labute approximate surface area is 73.3 Å². The van der Waals surface area contributed by atoms with E-state index in [0.29, 0.717) is 5.92 Å². The SMILES string of the molecule is COC(=O)C(C[NH])C1CCCC1. The molecule has 0 aromatic rings. The summed E-state index contributed by atoms with van der Waals surface area (Å²) in [5, 5.41) is 0. The molecule has 0 heterocycles. The molecule has 0 aliphatic heterocycles. The molecule has 1 unspecified atom stereocenters. The van der Waals surface area contributed by atoms with Gasteiger partial charge in [-0.1, -0.05) is 12.8 Å². The van der Waals surface area contributed by atoms with E-state index in [2.05, 4.69) is 4.74 Å².